The Bertz CT molecular complexity index is 1860. The number of thiophene rings is 1. The second kappa shape index (κ2) is 13.4. The van der Waals surface area contributed by atoms with Crippen molar-refractivity contribution in [3.63, 3.8) is 0 Å². The average Bonchev–Trinajstić information content (AvgIpc) is 3.91. The van der Waals surface area contributed by atoms with Crippen LogP contribution in [0.3, 0.4) is 0 Å². The first-order chi connectivity index (χ1) is 24.2. The van der Waals surface area contributed by atoms with E-state index in [2.05, 4.69) is 46.9 Å². The largest absolute Gasteiger partial charge is 0.459 e. The second-order valence-electron chi connectivity index (χ2n) is 15.7. The highest BCUT2D eigenvalue weighted by atomic mass is 32.1. The molecule has 6 heterocycles. The number of fused-ring (bicyclic) bond motifs is 3. The number of rotatable bonds is 8. The molecule has 14 nitrogen and oxygen atoms in total. The lowest BCUT2D eigenvalue weighted by Gasteiger charge is -2.36. The van der Waals surface area contributed by atoms with Gasteiger partial charge in [0, 0.05) is 49.7 Å². The summed E-state index contributed by atoms with van der Waals surface area (Å²) in [5.41, 5.74) is 0.753. The van der Waals surface area contributed by atoms with E-state index in [-0.39, 0.29) is 36.3 Å². The molecule has 0 spiro atoms. The predicted molar refractivity (Wildman–Crippen MR) is 194 cm³/mol. The van der Waals surface area contributed by atoms with Crippen molar-refractivity contribution < 1.29 is 18.8 Å². The molecule has 51 heavy (non-hydrogen) atoms. The summed E-state index contributed by atoms with van der Waals surface area (Å²) in [7, 11) is 5.93. The highest BCUT2D eigenvalue weighted by molar-refractivity contribution is 7.16. The van der Waals surface area contributed by atoms with Crippen LogP contribution in [-0.4, -0.2) is 118 Å². The number of piperazine rings is 1. The number of hydrogen-bond donors (Lipinski definition) is 0. The maximum Gasteiger partial charge on any atom is 0.410 e. The average molecular weight is 717 g/mol. The van der Waals surface area contributed by atoms with Crippen LogP contribution in [0.25, 0.3) is 11.5 Å². The zero-order chi connectivity index (χ0) is 36.2. The Kier molecular flexibility index (Phi) is 9.20. The van der Waals surface area contributed by atoms with Gasteiger partial charge in [-0.2, -0.15) is 20.2 Å². The first kappa shape index (κ1) is 35.1. The van der Waals surface area contributed by atoms with E-state index < -0.39 is 11.0 Å². The molecule has 4 aliphatic rings. The van der Waals surface area contributed by atoms with E-state index in [1.807, 2.05) is 50.7 Å². The second-order valence-corrected chi connectivity index (χ2v) is 16.8. The molecule has 0 N–H and O–H groups in total. The number of carbonyl (C=O) groups is 1. The van der Waals surface area contributed by atoms with Crippen molar-refractivity contribution in [1.82, 2.24) is 34.8 Å². The third-order valence-electron chi connectivity index (χ3n) is 10.5. The van der Waals surface area contributed by atoms with Crippen molar-refractivity contribution in [2.24, 2.45) is 4.99 Å². The number of ether oxygens (including phenoxy) is 2. The van der Waals surface area contributed by atoms with E-state index in [1.54, 1.807) is 17.7 Å². The monoisotopic (exact) mass is 716 g/mol. The molecule has 0 saturated carbocycles. The van der Waals surface area contributed by atoms with Crippen LogP contribution < -0.4 is 9.64 Å². The van der Waals surface area contributed by atoms with Crippen LogP contribution in [0.2, 0.25) is 0 Å². The van der Waals surface area contributed by atoms with Gasteiger partial charge in [0.05, 0.1) is 29.4 Å². The minimum absolute atomic E-state index is 0.0165. The van der Waals surface area contributed by atoms with Crippen LogP contribution in [0.1, 0.15) is 88.6 Å². The summed E-state index contributed by atoms with van der Waals surface area (Å²) in [5.74, 6) is 1.47. The summed E-state index contributed by atoms with van der Waals surface area (Å²) in [6, 6.07) is 4.92. The maximum absolute atomic E-state index is 13.0. The Morgan fingerprint density at radius 2 is 2.04 bits per heavy atom. The van der Waals surface area contributed by atoms with Gasteiger partial charge in [-0.05, 0) is 86.7 Å². The van der Waals surface area contributed by atoms with Crippen LogP contribution >= 0.6 is 11.3 Å². The van der Waals surface area contributed by atoms with Crippen LogP contribution in [0.5, 0.6) is 6.01 Å². The van der Waals surface area contributed by atoms with Crippen molar-refractivity contribution >= 4 is 34.6 Å². The van der Waals surface area contributed by atoms with Crippen LogP contribution in [0.15, 0.2) is 15.6 Å². The fraction of sp³-hybridized carbons (Fsp3) is 0.639. The molecule has 3 aliphatic heterocycles. The van der Waals surface area contributed by atoms with Gasteiger partial charge in [-0.15, -0.1) is 11.3 Å². The third-order valence-corrected chi connectivity index (χ3v) is 11.7. The molecule has 1 aliphatic carbocycles. The van der Waals surface area contributed by atoms with Gasteiger partial charge in [-0.1, -0.05) is 5.16 Å². The Morgan fingerprint density at radius 1 is 1.24 bits per heavy atom. The molecule has 5 atom stereocenters. The standard InChI is InChI=1S/C36H48N10O4S/c1-21(26-11-10-14-44(26)8)48-33-39-25(16-28(40-33)45-18-23-15-22(45)19-46(23)34(47)49-35(2,3)4)30-41-32(50-42-30)36(5)13-9-12-27-29(36)24(17-37)31(51-27)38-20-43(6)7/h16,20-23,26H,9-15,18-19H2,1-8H3/t21-,22-,23-,26-,36-/m0/s1. The smallest absolute Gasteiger partial charge is 0.410 e. The Morgan fingerprint density at radius 3 is 2.71 bits per heavy atom. The molecular weight excluding hydrogens is 669 g/mol. The summed E-state index contributed by atoms with van der Waals surface area (Å²) in [6.45, 7) is 12.0. The number of hydrogen-bond acceptors (Lipinski definition) is 13. The molecule has 0 radical (unpaired) electrons. The van der Waals surface area contributed by atoms with Crippen molar-refractivity contribution in [3.05, 3.63) is 28.0 Å². The highest BCUT2D eigenvalue weighted by Crippen LogP contribution is 2.50. The minimum atomic E-state index is -0.664. The Labute approximate surface area is 303 Å². The molecule has 3 aromatic rings. The number of aryl methyl sites for hydroxylation is 1. The predicted octanol–water partition coefficient (Wildman–Crippen LogP) is 5.38. The number of nitriles is 1. The van der Waals surface area contributed by atoms with Crippen LogP contribution in [0.4, 0.5) is 15.6 Å². The third kappa shape index (κ3) is 6.75. The van der Waals surface area contributed by atoms with Crippen molar-refractivity contribution in [1.29, 1.82) is 5.26 Å². The Balaban J connectivity index is 1.21. The summed E-state index contributed by atoms with van der Waals surface area (Å²) < 4.78 is 18.2. The van der Waals surface area contributed by atoms with Gasteiger partial charge in [0.1, 0.15) is 34.3 Å². The number of nitrogens with zero attached hydrogens (tertiary/aromatic N) is 10. The van der Waals surface area contributed by atoms with E-state index >= 15 is 0 Å². The molecule has 3 aromatic heterocycles. The lowest BCUT2D eigenvalue weighted by atomic mass is 9.72. The molecule has 3 saturated heterocycles. The number of likely N-dealkylation sites (tertiary alicyclic amines) is 2. The summed E-state index contributed by atoms with van der Waals surface area (Å²) in [5, 5.41) is 15.4. The number of aliphatic imine (C=N–C) groups is 1. The number of likely N-dealkylation sites (N-methyl/N-ethyl adjacent to an activating group) is 1. The number of aromatic nitrogens is 4. The molecule has 0 aromatic carbocycles. The quantitative estimate of drug-likeness (QED) is 0.218. The zero-order valence-electron chi connectivity index (χ0n) is 30.8. The lowest BCUT2D eigenvalue weighted by molar-refractivity contribution is 0.0214. The molecular formula is C36H48N10O4S. The maximum atomic E-state index is 13.0. The van der Waals surface area contributed by atoms with E-state index in [0.717, 1.165) is 55.5 Å². The zero-order valence-corrected chi connectivity index (χ0v) is 31.7. The minimum Gasteiger partial charge on any atom is -0.459 e. The van der Waals surface area contributed by atoms with Gasteiger partial charge in [0.25, 0.3) is 0 Å². The van der Waals surface area contributed by atoms with E-state index in [0.29, 0.717) is 46.9 Å². The van der Waals surface area contributed by atoms with Gasteiger partial charge >= 0.3 is 12.1 Å². The van der Waals surface area contributed by atoms with Crippen LogP contribution in [-0.2, 0) is 16.6 Å². The lowest BCUT2D eigenvalue weighted by Crippen LogP contribution is -2.50. The molecule has 15 heteroatoms. The van der Waals surface area contributed by atoms with Gasteiger partial charge in [0.2, 0.25) is 11.7 Å². The van der Waals surface area contributed by atoms with Crippen LogP contribution in [0, 0.1) is 11.3 Å². The summed E-state index contributed by atoms with van der Waals surface area (Å²) in [6.07, 6.45) is 6.85. The van der Waals surface area contributed by atoms with Crippen molar-refractivity contribution in [2.75, 3.05) is 45.7 Å². The molecule has 7 rings (SSSR count). The van der Waals surface area contributed by atoms with Crippen molar-refractivity contribution in [2.45, 2.75) is 108 Å². The topological polar surface area (TPSA) is 149 Å². The summed E-state index contributed by atoms with van der Waals surface area (Å²) >= 11 is 1.56. The first-order valence-corrected chi connectivity index (χ1v) is 18.7. The van der Waals surface area contributed by atoms with Gasteiger partial charge < -0.3 is 28.7 Å². The van der Waals surface area contributed by atoms with E-state index in [9.17, 15) is 10.1 Å². The van der Waals surface area contributed by atoms with Gasteiger partial charge in [-0.25, -0.2) is 9.79 Å². The van der Waals surface area contributed by atoms with Gasteiger partial charge in [-0.3, -0.25) is 4.90 Å². The normalized spacial score (nSPS) is 25.4. The number of carbonyl (C=O) groups excluding carboxylic acids is 1. The number of anilines is 1. The number of amides is 1. The molecule has 2 bridgehead atoms. The van der Waals surface area contributed by atoms with Gasteiger partial charge in [0.15, 0.2) is 0 Å². The Hall–Kier alpha value is -4.29. The first-order valence-electron chi connectivity index (χ1n) is 17.9. The molecule has 1 amide bonds. The SMILES string of the molecule is C[C@H](Oc1nc(-c2noc([C@@]3(C)CCCc4sc(N=CN(C)C)c(C#N)c43)n2)cc(N2C[C@@H]3C[C@H]2CN3C(=O)OC(C)(C)C)n1)[C@@H]1CCCN1C. The molecule has 3 fully saturated rings. The van der Waals surface area contributed by atoms with Crippen molar-refractivity contribution in [3.8, 4) is 23.6 Å². The highest BCUT2D eigenvalue weighted by Gasteiger charge is 2.48. The fourth-order valence-electron chi connectivity index (χ4n) is 8.07. The molecule has 0 unspecified atom stereocenters. The summed E-state index contributed by atoms with van der Waals surface area (Å²) in [4.78, 5) is 41.7. The fourth-order valence-corrected chi connectivity index (χ4v) is 9.33. The molecule has 272 valence electrons. The van der Waals surface area contributed by atoms with E-state index in [1.165, 1.54) is 0 Å². The van der Waals surface area contributed by atoms with E-state index in [4.69, 9.17) is 28.9 Å².